The summed E-state index contributed by atoms with van der Waals surface area (Å²) in [6.07, 6.45) is -6.96. The molecule has 0 aliphatic carbocycles. The van der Waals surface area contributed by atoms with Crippen LogP contribution in [0, 0.1) is 0 Å². The van der Waals surface area contributed by atoms with Gasteiger partial charge >= 0.3 is 0 Å². The molecule has 4 rings (SSSR count). The third kappa shape index (κ3) is 3.64. The maximum Gasteiger partial charge on any atom is 0.190 e. The van der Waals surface area contributed by atoms with Gasteiger partial charge in [0.15, 0.2) is 24.2 Å². The van der Waals surface area contributed by atoms with Crippen molar-refractivity contribution in [3.63, 3.8) is 0 Å². The molecule has 4 aliphatic heterocycles. The zero-order valence-electron chi connectivity index (χ0n) is 15.8. The van der Waals surface area contributed by atoms with Gasteiger partial charge in [-0.15, -0.1) is 0 Å². The monoisotopic (exact) mass is 392 g/mol. The van der Waals surface area contributed by atoms with E-state index in [1.807, 2.05) is 13.8 Å². The molecule has 10 heteroatoms. The molecule has 9 unspecified atom stereocenters. The Hall–Kier alpha value is -0.400. The lowest BCUT2D eigenvalue weighted by Gasteiger charge is -2.37. The highest BCUT2D eigenvalue weighted by molar-refractivity contribution is 5.00. The van der Waals surface area contributed by atoms with Crippen LogP contribution in [0.15, 0.2) is 0 Å². The number of aliphatic hydroxyl groups is 3. The van der Waals surface area contributed by atoms with Gasteiger partial charge in [-0.2, -0.15) is 0 Å². The summed E-state index contributed by atoms with van der Waals surface area (Å²) in [5.41, 5.74) is 0. The van der Waals surface area contributed by atoms with E-state index in [1.54, 1.807) is 13.8 Å². The first-order valence-electron chi connectivity index (χ1n) is 9.21. The Kier molecular flexibility index (Phi) is 5.04. The van der Waals surface area contributed by atoms with Crippen LogP contribution in [-0.4, -0.2) is 95.4 Å². The molecule has 4 heterocycles. The first-order chi connectivity index (χ1) is 12.6. The zero-order chi connectivity index (χ0) is 19.6. The second kappa shape index (κ2) is 6.84. The number of hydrogen-bond donors (Lipinski definition) is 3. The second-order valence-electron chi connectivity index (χ2n) is 8.25. The van der Waals surface area contributed by atoms with Crippen molar-refractivity contribution < 1.29 is 48.5 Å². The molecule has 4 fully saturated rings. The van der Waals surface area contributed by atoms with Crippen molar-refractivity contribution in [2.75, 3.05) is 13.2 Å². The van der Waals surface area contributed by atoms with Gasteiger partial charge in [-0.25, -0.2) is 0 Å². The van der Waals surface area contributed by atoms with Gasteiger partial charge in [0.2, 0.25) is 0 Å². The van der Waals surface area contributed by atoms with Crippen molar-refractivity contribution in [1.82, 2.24) is 0 Å². The third-order valence-corrected chi connectivity index (χ3v) is 5.17. The zero-order valence-corrected chi connectivity index (χ0v) is 15.8. The third-order valence-electron chi connectivity index (χ3n) is 5.17. The van der Waals surface area contributed by atoms with Crippen LogP contribution in [0.1, 0.15) is 27.7 Å². The predicted octanol–water partition coefficient (Wildman–Crippen LogP) is -1.16. The largest absolute Gasteiger partial charge is 0.394 e. The Morgan fingerprint density at radius 3 is 2.07 bits per heavy atom. The summed E-state index contributed by atoms with van der Waals surface area (Å²) >= 11 is 0. The van der Waals surface area contributed by atoms with Gasteiger partial charge in [-0.3, -0.25) is 0 Å². The molecule has 0 aromatic rings. The standard InChI is InChI=1S/C17H28O10/c1-16(2)24-11-8(6-21-14-10(20)9(19)7(5-18)22-14)23-15-13(12(11)25-16)26-17(3,4)27-15/h7-15,18-20H,5-6H2,1-4H3. The van der Waals surface area contributed by atoms with Crippen LogP contribution in [0.4, 0.5) is 0 Å². The van der Waals surface area contributed by atoms with E-state index in [1.165, 1.54) is 0 Å². The smallest absolute Gasteiger partial charge is 0.190 e. The van der Waals surface area contributed by atoms with E-state index in [0.717, 1.165) is 0 Å². The Labute approximate surface area is 157 Å². The molecule has 3 N–H and O–H groups in total. The first-order valence-corrected chi connectivity index (χ1v) is 9.21. The molecule has 9 atom stereocenters. The fourth-order valence-electron chi connectivity index (χ4n) is 4.02. The number of hydrogen-bond acceptors (Lipinski definition) is 10. The fraction of sp³-hybridized carbons (Fsp3) is 1.00. The summed E-state index contributed by atoms with van der Waals surface area (Å²) < 4.78 is 40.7. The van der Waals surface area contributed by atoms with Gasteiger partial charge in [0.25, 0.3) is 0 Å². The van der Waals surface area contributed by atoms with Crippen molar-refractivity contribution in [2.45, 2.75) is 94.6 Å². The molecule has 0 aromatic heterocycles. The minimum absolute atomic E-state index is 0.0141. The molecule has 4 saturated heterocycles. The van der Waals surface area contributed by atoms with E-state index in [2.05, 4.69) is 0 Å². The van der Waals surface area contributed by atoms with Crippen LogP contribution < -0.4 is 0 Å². The molecular weight excluding hydrogens is 364 g/mol. The molecule has 156 valence electrons. The van der Waals surface area contributed by atoms with Gasteiger partial charge in [0, 0.05) is 0 Å². The highest BCUT2D eigenvalue weighted by Crippen LogP contribution is 2.44. The number of rotatable bonds is 4. The van der Waals surface area contributed by atoms with Crippen molar-refractivity contribution >= 4 is 0 Å². The lowest BCUT2D eigenvalue weighted by molar-refractivity contribution is -0.259. The SMILES string of the molecule is CC1(C)OC2OC(COC3OC(CO)C(O)C3O)C3OC(C)(C)OC3C2O1. The maximum atomic E-state index is 10.0. The van der Waals surface area contributed by atoms with Crippen LogP contribution >= 0.6 is 0 Å². The van der Waals surface area contributed by atoms with Gasteiger partial charge < -0.3 is 48.5 Å². The molecule has 0 aromatic carbocycles. The molecule has 0 radical (unpaired) electrons. The van der Waals surface area contributed by atoms with Gasteiger partial charge in [0.1, 0.15) is 42.7 Å². The van der Waals surface area contributed by atoms with Crippen LogP contribution in [0.3, 0.4) is 0 Å². The molecule has 0 saturated carbocycles. The number of aliphatic hydroxyl groups excluding tert-OH is 3. The van der Waals surface area contributed by atoms with Crippen LogP contribution in [0.25, 0.3) is 0 Å². The molecule has 0 bridgehead atoms. The summed E-state index contributed by atoms with van der Waals surface area (Å²) in [4.78, 5) is 0. The topological polar surface area (TPSA) is 125 Å². The average Bonchev–Trinajstić information content (AvgIpc) is 3.16. The Morgan fingerprint density at radius 1 is 0.778 bits per heavy atom. The Bertz CT molecular complexity index is 554. The van der Waals surface area contributed by atoms with E-state index < -0.39 is 73.5 Å². The summed E-state index contributed by atoms with van der Waals surface area (Å²) in [6.45, 7) is 6.82. The maximum absolute atomic E-state index is 10.0. The van der Waals surface area contributed by atoms with Crippen LogP contribution in [-0.2, 0) is 33.2 Å². The lowest BCUT2D eigenvalue weighted by Crippen LogP contribution is -2.56. The molecular formula is C17H28O10. The minimum Gasteiger partial charge on any atom is -0.394 e. The van der Waals surface area contributed by atoms with E-state index in [9.17, 15) is 15.3 Å². The molecule has 10 nitrogen and oxygen atoms in total. The highest BCUT2D eigenvalue weighted by atomic mass is 16.9. The first kappa shape index (κ1) is 19.9. The Morgan fingerprint density at radius 2 is 1.41 bits per heavy atom. The van der Waals surface area contributed by atoms with E-state index in [4.69, 9.17) is 33.2 Å². The van der Waals surface area contributed by atoms with Crippen molar-refractivity contribution in [3.05, 3.63) is 0 Å². The van der Waals surface area contributed by atoms with Gasteiger partial charge in [-0.05, 0) is 27.7 Å². The quantitative estimate of drug-likeness (QED) is 0.539. The van der Waals surface area contributed by atoms with Crippen molar-refractivity contribution in [1.29, 1.82) is 0 Å². The summed E-state index contributed by atoms with van der Waals surface area (Å²) in [5.74, 6) is -1.63. The minimum atomic E-state index is -1.27. The van der Waals surface area contributed by atoms with Gasteiger partial charge in [-0.1, -0.05) is 0 Å². The summed E-state index contributed by atoms with van der Waals surface area (Å²) in [5, 5.41) is 29.0. The van der Waals surface area contributed by atoms with Crippen molar-refractivity contribution in [2.24, 2.45) is 0 Å². The van der Waals surface area contributed by atoms with Crippen LogP contribution in [0.5, 0.6) is 0 Å². The average molecular weight is 392 g/mol. The summed E-state index contributed by atoms with van der Waals surface area (Å²) in [6, 6.07) is 0. The molecule has 0 spiro atoms. The predicted molar refractivity (Wildman–Crippen MR) is 86.2 cm³/mol. The number of ether oxygens (including phenoxy) is 7. The molecule has 27 heavy (non-hydrogen) atoms. The highest BCUT2D eigenvalue weighted by Gasteiger charge is 2.61. The van der Waals surface area contributed by atoms with E-state index in [0.29, 0.717) is 0 Å². The lowest BCUT2D eigenvalue weighted by atomic mass is 9.99. The molecule has 4 aliphatic rings. The normalized spacial score (nSPS) is 50.6. The fourth-order valence-corrected chi connectivity index (χ4v) is 4.02. The van der Waals surface area contributed by atoms with E-state index >= 15 is 0 Å². The Balaban J connectivity index is 1.45. The second-order valence-corrected chi connectivity index (χ2v) is 8.25. The van der Waals surface area contributed by atoms with Gasteiger partial charge in [0.05, 0.1) is 13.2 Å². The van der Waals surface area contributed by atoms with E-state index in [-0.39, 0.29) is 6.61 Å². The number of fused-ring (bicyclic) bond motifs is 3. The van der Waals surface area contributed by atoms with Crippen LogP contribution in [0.2, 0.25) is 0 Å². The van der Waals surface area contributed by atoms with Crippen molar-refractivity contribution in [3.8, 4) is 0 Å². The summed E-state index contributed by atoms with van der Waals surface area (Å²) in [7, 11) is 0. The molecule has 0 amide bonds.